The molecular weight excluding hydrogens is 588 g/mol. The van der Waals surface area contributed by atoms with Gasteiger partial charge < -0.3 is 10.0 Å². The van der Waals surface area contributed by atoms with Gasteiger partial charge in [-0.1, -0.05) is 30.7 Å². The average Bonchev–Trinajstić information content (AvgIpc) is 2.94. The number of nitrogens with zero attached hydrogens (tertiary/aromatic N) is 2. The molecule has 7 nitrogen and oxygen atoms in total. The van der Waals surface area contributed by atoms with Crippen LogP contribution >= 0.6 is 0 Å². The van der Waals surface area contributed by atoms with E-state index in [-0.39, 0.29) is 6.07 Å². The van der Waals surface area contributed by atoms with E-state index in [4.69, 9.17) is 0 Å². The molecule has 1 amide bonds. The molecule has 2 aliphatic rings. The Bertz CT molecular complexity index is 1380. The zero-order valence-corrected chi connectivity index (χ0v) is 23.7. The van der Waals surface area contributed by atoms with Crippen LogP contribution in [0.3, 0.4) is 0 Å². The van der Waals surface area contributed by atoms with Crippen molar-refractivity contribution < 1.29 is 44.7 Å². The molecule has 0 spiro atoms. The summed E-state index contributed by atoms with van der Waals surface area (Å²) >= 11 is 0. The Morgan fingerprint density at radius 3 is 2.38 bits per heavy atom. The Morgan fingerprint density at radius 2 is 1.74 bits per heavy atom. The Morgan fingerprint density at radius 1 is 1.05 bits per heavy atom. The largest absolute Gasteiger partial charge is 0.416 e. The fourth-order valence-corrected chi connectivity index (χ4v) is 6.88. The molecule has 0 saturated carbocycles. The number of hydrogen-bond donors (Lipinski definition) is 2. The van der Waals surface area contributed by atoms with Crippen molar-refractivity contribution in [3.05, 3.63) is 64.7 Å². The third-order valence-electron chi connectivity index (χ3n) is 7.84. The molecule has 42 heavy (non-hydrogen) atoms. The van der Waals surface area contributed by atoms with Crippen molar-refractivity contribution in [1.29, 1.82) is 0 Å². The van der Waals surface area contributed by atoms with E-state index in [0.29, 0.717) is 31.4 Å². The molecule has 3 atom stereocenters. The number of alkyl halides is 6. The molecule has 1 saturated heterocycles. The lowest BCUT2D eigenvalue weighted by atomic mass is 9.85. The zero-order valence-electron chi connectivity index (χ0n) is 22.9. The predicted molar refractivity (Wildman–Crippen MR) is 142 cm³/mol. The lowest BCUT2D eigenvalue weighted by molar-refractivity contribution is -0.183. The fourth-order valence-electron chi connectivity index (χ4n) is 5.61. The zero-order chi connectivity index (χ0) is 30.9. The van der Waals surface area contributed by atoms with Gasteiger partial charge in [0.2, 0.25) is 10.0 Å². The third-order valence-corrected chi connectivity index (χ3v) is 9.27. The first kappa shape index (κ1) is 32.2. The van der Waals surface area contributed by atoms with E-state index in [2.05, 4.69) is 4.90 Å². The number of aryl methyl sites for hydroxylation is 1. The summed E-state index contributed by atoms with van der Waals surface area (Å²) in [6.07, 6.45) is -8.03. The number of piperidine rings is 1. The molecule has 2 aromatic rings. The first-order chi connectivity index (χ1) is 19.6. The number of carbonyl (C=O) groups excluding carboxylic acids is 1. The Labute approximate surface area is 240 Å². The van der Waals surface area contributed by atoms with Crippen LogP contribution in [-0.2, 0) is 34.0 Å². The molecule has 0 aromatic heterocycles. The van der Waals surface area contributed by atoms with Crippen LogP contribution in [-0.4, -0.2) is 67.7 Å². The molecule has 1 aliphatic carbocycles. The maximum absolute atomic E-state index is 14.0. The summed E-state index contributed by atoms with van der Waals surface area (Å²) in [4.78, 5) is 15.4. The number of halogens is 6. The second-order valence-electron chi connectivity index (χ2n) is 10.8. The molecule has 14 heteroatoms. The van der Waals surface area contributed by atoms with Gasteiger partial charge in [-0.2, -0.15) is 31.1 Å². The van der Waals surface area contributed by atoms with Crippen LogP contribution in [0, 0.1) is 0 Å². The van der Waals surface area contributed by atoms with Gasteiger partial charge in [0.15, 0.2) is 12.1 Å². The van der Waals surface area contributed by atoms with E-state index in [1.807, 2.05) is 18.2 Å². The van der Waals surface area contributed by atoms with Crippen molar-refractivity contribution in [2.75, 3.05) is 20.1 Å². The van der Waals surface area contributed by atoms with Gasteiger partial charge in [0.25, 0.3) is 5.91 Å². The number of rotatable bonds is 8. The first-order valence-corrected chi connectivity index (χ1v) is 15.1. The van der Waals surface area contributed by atoms with Crippen LogP contribution in [0.25, 0.3) is 0 Å². The van der Waals surface area contributed by atoms with Crippen LogP contribution in [0.1, 0.15) is 60.4 Å². The molecule has 1 heterocycles. The number of likely N-dealkylation sites (tertiary alicyclic amines) is 1. The SMILES string of the molecule is CN(C(=O)[C@H](O)[C@H](NS(=O)(=O)c1cccc(C(F)(F)F)c1)C(F)(F)F)[C@@H]1CCCc2cc(CN3CCCCC3)ccc21. The highest BCUT2D eigenvalue weighted by Gasteiger charge is 2.50. The van der Waals surface area contributed by atoms with Gasteiger partial charge in [0.05, 0.1) is 16.5 Å². The summed E-state index contributed by atoms with van der Waals surface area (Å²) in [6, 6.07) is 3.98. The van der Waals surface area contributed by atoms with Crippen LogP contribution < -0.4 is 4.72 Å². The lowest BCUT2D eigenvalue weighted by Crippen LogP contribution is -2.58. The monoisotopic (exact) mass is 621 g/mol. The van der Waals surface area contributed by atoms with Gasteiger partial charge in [-0.25, -0.2) is 8.42 Å². The minimum atomic E-state index is -5.45. The maximum Gasteiger partial charge on any atom is 0.416 e. The van der Waals surface area contributed by atoms with E-state index in [9.17, 15) is 44.7 Å². The molecule has 2 N–H and O–H groups in total. The van der Waals surface area contributed by atoms with Gasteiger partial charge in [0.1, 0.15) is 0 Å². The number of likely N-dealkylation sites (N-methyl/N-ethyl adjacent to an activating group) is 1. The normalized spacial score (nSPS) is 20.0. The molecule has 1 fully saturated rings. The molecule has 4 rings (SSSR count). The van der Waals surface area contributed by atoms with Crippen molar-refractivity contribution in [2.24, 2.45) is 0 Å². The number of aliphatic hydroxyl groups excluding tert-OH is 1. The van der Waals surface area contributed by atoms with E-state index in [1.54, 1.807) is 0 Å². The van der Waals surface area contributed by atoms with Gasteiger partial charge in [0, 0.05) is 13.6 Å². The Hall–Kier alpha value is -2.68. The van der Waals surface area contributed by atoms with Crippen molar-refractivity contribution >= 4 is 15.9 Å². The second-order valence-corrected chi connectivity index (χ2v) is 12.6. The van der Waals surface area contributed by atoms with Gasteiger partial charge in [-0.3, -0.25) is 9.69 Å². The van der Waals surface area contributed by atoms with E-state index in [1.165, 1.54) is 18.2 Å². The van der Waals surface area contributed by atoms with Crippen LogP contribution in [0.2, 0.25) is 0 Å². The topological polar surface area (TPSA) is 90.0 Å². The molecule has 2 aromatic carbocycles. The molecular formula is C28H33F6N3O4S. The number of benzene rings is 2. The Balaban J connectivity index is 1.53. The molecule has 0 unspecified atom stereocenters. The van der Waals surface area contributed by atoms with Crippen LogP contribution in [0.4, 0.5) is 26.3 Å². The minimum absolute atomic E-state index is 0.175. The number of amides is 1. The highest BCUT2D eigenvalue weighted by atomic mass is 32.2. The lowest BCUT2D eigenvalue weighted by Gasteiger charge is -2.36. The molecule has 0 radical (unpaired) electrons. The van der Waals surface area contributed by atoms with Gasteiger partial charge >= 0.3 is 12.4 Å². The smallest absolute Gasteiger partial charge is 0.381 e. The molecule has 1 aliphatic heterocycles. The van der Waals surface area contributed by atoms with Crippen LogP contribution in [0.5, 0.6) is 0 Å². The average molecular weight is 622 g/mol. The van der Waals surface area contributed by atoms with Crippen LogP contribution in [0.15, 0.2) is 47.4 Å². The standard InChI is InChI=1S/C28H33F6N3O4S/c1-36(23-10-5-7-19-15-18(11-12-22(19)23)17-37-13-3-2-4-14-37)26(39)24(38)25(28(32,33)34)35-42(40,41)21-9-6-8-20(16-21)27(29,30)31/h6,8-9,11-12,15-16,23-25,35,38H,2-5,7,10,13-14,17H2,1H3/t23-,24-,25+/m1/s1. The van der Waals surface area contributed by atoms with Gasteiger partial charge in [-0.15, -0.1) is 0 Å². The highest BCUT2D eigenvalue weighted by molar-refractivity contribution is 7.89. The number of sulfonamides is 1. The summed E-state index contributed by atoms with van der Waals surface area (Å²) in [5.74, 6) is -1.38. The van der Waals surface area contributed by atoms with Crippen molar-refractivity contribution in [2.45, 2.75) is 80.5 Å². The third kappa shape index (κ3) is 7.44. The summed E-state index contributed by atoms with van der Waals surface area (Å²) in [5, 5.41) is 10.6. The van der Waals surface area contributed by atoms with E-state index < -0.39 is 56.9 Å². The summed E-state index contributed by atoms with van der Waals surface area (Å²) in [6.45, 7) is 2.78. The van der Waals surface area contributed by atoms with E-state index in [0.717, 1.165) is 60.1 Å². The molecule has 0 bridgehead atoms. The quantitative estimate of drug-likeness (QED) is 0.414. The number of nitrogens with one attached hydrogen (secondary N) is 1. The number of fused-ring (bicyclic) bond motifs is 1. The maximum atomic E-state index is 14.0. The number of carbonyl (C=O) groups is 1. The van der Waals surface area contributed by atoms with Crippen molar-refractivity contribution in [1.82, 2.24) is 14.5 Å². The highest BCUT2D eigenvalue weighted by Crippen LogP contribution is 2.36. The summed E-state index contributed by atoms with van der Waals surface area (Å²) < 4.78 is 108. The minimum Gasteiger partial charge on any atom is -0.381 e. The van der Waals surface area contributed by atoms with Gasteiger partial charge in [-0.05, 0) is 80.1 Å². The predicted octanol–water partition coefficient (Wildman–Crippen LogP) is 4.80. The summed E-state index contributed by atoms with van der Waals surface area (Å²) in [5.41, 5.74) is 1.39. The number of hydrogen-bond acceptors (Lipinski definition) is 5. The second kappa shape index (κ2) is 12.5. The fraction of sp³-hybridized carbons (Fsp3) is 0.536. The first-order valence-electron chi connectivity index (χ1n) is 13.6. The van der Waals surface area contributed by atoms with Crippen molar-refractivity contribution in [3.8, 4) is 0 Å². The molecule has 232 valence electrons. The Kier molecular flexibility index (Phi) is 9.60. The van der Waals surface area contributed by atoms with Crippen molar-refractivity contribution in [3.63, 3.8) is 0 Å². The van der Waals surface area contributed by atoms with E-state index >= 15 is 0 Å². The number of aliphatic hydroxyl groups is 1. The summed E-state index contributed by atoms with van der Waals surface area (Å²) in [7, 11) is -3.99.